The first-order chi connectivity index (χ1) is 13.1. The van der Waals surface area contributed by atoms with Gasteiger partial charge >= 0.3 is 0 Å². The van der Waals surface area contributed by atoms with Crippen molar-refractivity contribution < 1.29 is 14.3 Å². The summed E-state index contributed by atoms with van der Waals surface area (Å²) in [6.07, 6.45) is -0.482. The third-order valence-electron chi connectivity index (χ3n) is 4.43. The summed E-state index contributed by atoms with van der Waals surface area (Å²) in [6, 6.07) is 9.72. The Labute approximate surface area is 158 Å². The Morgan fingerprint density at radius 1 is 1.37 bits per heavy atom. The zero-order valence-electron chi connectivity index (χ0n) is 14.3. The summed E-state index contributed by atoms with van der Waals surface area (Å²) in [6.45, 7) is 1.50. The van der Waals surface area contributed by atoms with Crippen molar-refractivity contribution >= 4 is 17.2 Å². The number of hydrogen-bond donors (Lipinski definition) is 3. The number of rotatable bonds is 5. The highest BCUT2D eigenvalue weighted by Crippen LogP contribution is 2.25. The second kappa shape index (κ2) is 7.55. The van der Waals surface area contributed by atoms with Crippen LogP contribution in [0.1, 0.15) is 10.6 Å². The van der Waals surface area contributed by atoms with E-state index in [0.717, 1.165) is 4.88 Å². The van der Waals surface area contributed by atoms with Crippen LogP contribution in [0.5, 0.6) is 0 Å². The molecule has 2 aromatic heterocycles. The molecule has 1 fully saturated rings. The van der Waals surface area contributed by atoms with Gasteiger partial charge in [0.1, 0.15) is 5.82 Å². The highest BCUT2D eigenvalue weighted by atomic mass is 32.1. The van der Waals surface area contributed by atoms with E-state index >= 15 is 0 Å². The van der Waals surface area contributed by atoms with Gasteiger partial charge in [-0.3, -0.25) is 4.79 Å². The smallest absolute Gasteiger partial charge is 0.291 e. The molecule has 4 rings (SSSR count). The van der Waals surface area contributed by atoms with Gasteiger partial charge in [-0.15, -0.1) is 16.4 Å². The predicted molar refractivity (Wildman–Crippen MR) is 99.3 cm³/mol. The van der Waals surface area contributed by atoms with Gasteiger partial charge in [0, 0.05) is 25.6 Å². The monoisotopic (exact) mass is 387 g/mol. The molecule has 7 nitrogen and oxygen atoms in total. The quantitative estimate of drug-likeness (QED) is 0.616. The number of amides is 1. The fourth-order valence-corrected chi connectivity index (χ4v) is 3.69. The molecule has 2 unspecified atom stereocenters. The zero-order valence-corrected chi connectivity index (χ0v) is 15.1. The van der Waals surface area contributed by atoms with E-state index in [1.807, 2.05) is 17.5 Å². The molecular weight excluding hydrogens is 369 g/mol. The van der Waals surface area contributed by atoms with Gasteiger partial charge in [0.25, 0.3) is 5.91 Å². The predicted octanol–water partition coefficient (Wildman–Crippen LogP) is 1.45. The number of nitrogens with zero attached hydrogens (tertiary/aromatic N) is 3. The van der Waals surface area contributed by atoms with Crippen molar-refractivity contribution in [2.75, 3.05) is 19.6 Å². The third-order valence-corrected chi connectivity index (χ3v) is 5.30. The molecule has 3 N–H and O–H groups in total. The fraction of sp³-hybridized carbons (Fsp3) is 0.278. The molecule has 140 valence electrons. The normalized spacial score (nSPS) is 19.3. The number of halogens is 1. The van der Waals surface area contributed by atoms with Crippen molar-refractivity contribution in [2.45, 2.75) is 6.10 Å². The molecule has 1 saturated heterocycles. The topological polar surface area (TPSA) is 92.1 Å². The van der Waals surface area contributed by atoms with Crippen molar-refractivity contribution in [3.05, 3.63) is 53.4 Å². The van der Waals surface area contributed by atoms with E-state index in [4.69, 9.17) is 0 Å². The van der Waals surface area contributed by atoms with Gasteiger partial charge < -0.3 is 15.7 Å². The summed E-state index contributed by atoms with van der Waals surface area (Å²) in [5.74, 6) is -0.390. The number of thiophene rings is 1. The molecule has 27 heavy (non-hydrogen) atoms. The molecule has 2 atom stereocenters. The minimum atomic E-state index is -0.482. The van der Waals surface area contributed by atoms with Crippen LogP contribution in [0.3, 0.4) is 0 Å². The Balaban J connectivity index is 1.62. The Bertz CT molecular complexity index is 943. The number of aromatic nitrogens is 3. The molecule has 0 radical (unpaired) electrons. The van der Waals surface area contributed by atoms with Crippen molar-refractivity contribution in [3.63, 3.8) is 0 Å². The lowest BCUT2D eigenvalue weighted by atomic mass is 10.1. The summed E-state index contributed by atoms with van der Waals surface area (Å²) in [7, 11) is 0. The van der Waals surface area contributed by atoms with Crippen LogP contribution in [0.25, 0.3) is 16.4 Å². The molecule has 1 amide bonds. The lowest BCUT2D eigenvalue weighted by Gasteiger charge is -2.12. The van der Waals surface area contributed by atoms with Crippen molar-refractivity contribution in [2.24, 2.45) is 5.92 Å². The van der Waals surface area contributed by atoms with E-state index < -0.39 is 17.8 Å². The molecule has 0 spiro atoms. The lowest BCUT2D eigenvalue weighted by Crippen LogP contribution is -2.34. The average molecular weight is 387 g/mol. The largest absolute Gasteiger partial charge is 0.391 e. The maximum Gasteiger partial charge on any atom is 0.291 e. The number of aliphatic hydroxyl groups is 1. The van der Waals surface area contributed by atoms with Gasteiger partial charge in [0.2, 0.25) is 5.82 Å². The summed E-state index contributed by atoms with van der Waals surface area (Å²) in [5, 5.41) is 21.9. The summed E-state index contributed by atoms with van der Waals surface area (Å²) in [5.41, 5.74) is 0.486. The van der Waals surface area contributed by atoms with E-state index in [9.17, 15) is 14.3 Å². The number of carbonyl (C=O) groups is 1. The summed E-state index contributed by atoms with van der Waals surface area (Å²) < 4.78 is 15.1. The number of aliphatic hydroxyl groups excluding tert-OH is 1. The van der Waals surface area contributed by atoms with Crippen LogP contribution in [0.2, 0.25) is 0 Å². The zero-order chi connectivity index (χ0) is 18.8. The van der Waals surface area contributed by atoms with Crippen LogP contribution in [0, 0.1) is 11.7 Å². The molecule has 0 bridgehead atoms. The van der Waals surface area contributed by atoms with Crippen LogP contribution in [0.15, 0.2) is 41.8 Å². The number of nitrogens with one attached hydrogen (secondary N) is 2. The highest BCUT2D eigenvalue weighted by molar-refractivity contribution is 7.13. The number of β-amino-alcohol motifs (C(OH)–C–C–N with tert-alkyl or cyclic N) is 1. The summed E-state index contributed by atoms with van der Waals surface area (Å²) in [4.78, 5) is 17.7. The molecule has 3 heterocycles. The van der Waals surface area contributed by atoms with Crippen LogP contribution < -0.4 is 10.6 Å². The standard InChI is InChI=1S/C18H18FN5O2S/c19-12-3-1-4-13(7-12)24-17(15-5-2-6-27-15)22-16(23-24)18(26)21-9-11-8-20-10-14(11)25/h1-7,11,14,20,25H,8-10H2,(H,21,26). The lowest BCUT2D eigenvalue weighted by molar-refractivity contribution is 0.0917. The Morgan fingerprint density at radius 2 is 2.26 bits per heavy atom. The number of carbonyl (C=O) groups excluding carboxylic acids is 1. The first kappa shape index (κ1) is 17.8. The van der Waals surface area contributed by atoms with Gasteiger partial charge in [0.05, 0.1) is 16.7 Å². The number of benzene rings is 1. The molecule has 0 aliphatic carbocycles. The van der Waals surface area contributed by atoms with Gasteiger partial charge in [0.15, 0.2) is 5.82 Å². The minimum absolute atomic E-state index is 0.00288. The number of hydrogen-bond acceptors (Lipinski definition) is 6. The minimum Gasteiger partial charge on any atom is -0.391 e. The molecule has 1 aliphatic heterocycles. The van der Waals surface area contributed by atoms with Gasteiger partial charge in [-0.2, -0.15) is 0 Å². The van der Waals surface area contributed by atoms with E-state index in [1.165, 1.54) is 28.2 Å². The highest BCUT2D eigenvalue weighted by Gasteiger charge is 2.26. The molecule has 0 saturated carbocycles. The second-order valence-electron chi connectivity index (χ2n) is 6.32. The molecule has 9 heteroatoms. The van der Waals surface area contributed by atoms with Crippen LogP contribution in [-0.4, -0.2) is 51.5 Å². The van der Waals surface area contributed by atoms with Crippen molar-refractivity contribution in [3.8, 4) is 16.4 Å². The SMILES string of the molecule is O=C(NCC1CNCC1O)c1nc(-c2cccs2)n(-c2cccc(F)c2)n1. The van der Waals surface area contributed by atoms with Crippen molar-refractivity contribution in [1.82, 2.24) is 25.4 Å². The first-order valence-electron chi connectivity index (χ1n) is 8.55. The fourth-order valence-electron chi connectivity index (χ4n) is 2.99. The molecular formula is C18H18FN5O2S. The maximum atomic E-state index is 13.7. The van der Waals surface area contributed by atoms with Crippen molar-refractivity contribution in [1.29, 1.82) is 0 Å². The van der Waals surface area contributed by atoms with E-state index in [-0.39, 0.29) is 11.7 Å². The maximum absolute atomic E-state index is 13.7. The molecule has 3 aromatic rings. The van der Waals surface area contributed by atoms with Crippen LogP contribution in [0.4, 0.5) is 4.39 Å². The van der Waals surface area contributed by atoms with E-state index in [2.05, 4.69) is 20.7 Å². The molecule has 1 aliphatic rings. The molecule has 1 aromatic carbocycles. The Kier molecular flexibility index (Phi) is 4.97. The third kappa shape index (κ3) is 3.75. The Morgan fingerprint density at radius 3 is 2.96 bits per heavy atom. The van der Waals surface area contributed by atoms with Crippen LogP contribution >= 0.6 is 11.3 Å². The van der Waals surface area contributed by atoms with E-state index in [0.29, 0.717) is 31.1 Å². The average Bonchev–Trinajstić information content (AvgIpc) is 3.40. The van der Waals surface area contributed by atoms with Crippen LogP contribution in [-0.2, 0) is 0 Å². The van der Waals surface area contributed by atoms with Gasteiger partial charge in [-0.05, 0) is 29.6 Å². The Hall–Kier alpha value is -2.62. The van der Waals surface area contributed by atoms with E-state index in [1.54, 1.807) is 12.1 Å². The van der Waals surface area contributed by atoms with Gasteiger partial charge in [-0.1, -0.05) is 12.1 Å². The summed E-state index contributed by atoms with van der Waals surface area (Å²) >= 11 is 1.46. The van der Waals surface area contributed by atoms with Gasteiger partial charge in [-0.25, -0.2) is 14.1 Å². The second-order valence-corrected chi connectivity index (χ2v) is 7.27. The first-order valence-corrected chi connectivity index (χ1v) is 9.43.